The summed E-state index contributed by atoms with van der Waals surface area (Å²) in [6, 6.07) is 6.24. The number of aromatic amines is 1. The van der Waals surface area contributed by atoms with Gasteiger partial charge in [0.25, 0.3) is 0 Å². The summed E-state index contributed by atoms with van der Waals surface area (Å²) in [6.07, 6.45) is 3.28. The Morgan fingerprint density at radius 3 is 2.89 bits per heavy atom. The van der Waals surface area contributed by atoms with E-state index in [1.54, 1.807) is 6.07 Å². The predicted octanol–water partition coefficient (Wildman–Crippen LogP) is 1.69. The number of primary amides is 1. The van der Waals surface area contributed by atoms with Crippen molar-refractivity contribution in [3.05, 3.63) is 35.0 Å². The monoisotopic (exact) mass is 257 g/mol. The molecule has 0 saturated carbocycles. The first-order valence-electron chi connectivity index (χ1n) is 6.66. The lowest BCUT2D eigenvalue weighted by atomic mass is 9.90. The van der Waals surface area contributed by atoms with Crippen LogP contribution in [0.5, 0.6) is 0 Å². The van der Waals surface area contributed by atoms with E-state index in [-0.39, 0.29) is 5.91 Å². The smallest absolute Gasteiger partial charge is 0.248 e. The van der Waals surface area contributed by atoms with E-state index in [0.717, 1.165) is 23.7 Å². The van der Waals surface area contributed by atoms with E-state index in [1.165, 1.54) is 17.7 Å². The average molecular weight is 257 g/mol. The number of amides is 1. The number of benzene rings is 1. The Balaban J connectivity index is 2.10. The molecule has 2 aromatic rings. The third-order valence-corrected chi connectivity index (χ3v) is 4.18. The third-order valence-electron chi connectivity index (χ3n) is 4.18. The lowest BCUT2D eigenvalue weighted by Gasteiger charge is -2.28. The van der Waals surface area contributed by atoms with Crippen LogP contribution >= 0.6 is 0 Å². The normalized spacial score (nSPS) is 18.8. The number of likely N-dealkylation sites (N-methyl/N-ethyl adjacent to an activating group) is 1. The number of hydrogen-bond donors (Lipinski definition) is 2. The van der Waals surface area contributed by atoms with Crippen LogP contribution < -0.4 is 5.73 Å². The van der Waals surface area contributed by atoms with Crippen LogP contribution in [-0.2, 0) is 12.8 Å². The summed E-state index contributed by atoms with van der Waals surface area (Å²) in [7, 11) is 4.25. The van der Waals surface area contributed by atoms with Crippen LogP contribution in [0, 0.1) is 0 Å². The van der Waals surface area contributed by atoms with Crippen molar-refractivity contribution >= 4 is 16.8 Å². The fourth-order valence-corrected chi connectivity index (χ4v) is 2.99. The van der Waals surface area contributed by atoms with Crippen molar-refractivity contribution < 1.29 is 4.79 Å². The van der Waals surface area contributed by atoms with Crippen molar-refractivity contribution in [2.75, 3.05) is 14.1 Å². The number of rotatable bonds is 2. The molecule has 0 saturated heterocycles. The number of nitrogens with two attached hydrogens (primary N) is 1. The Kier molecular flexibility index (Phi) is 2.82. The Hall–Kier alpha value is -1.81. The number of aryl methyl sites for hydroxylation is 1. The van der Waals surface area contributed by atoms with Gasteiger partial charge in [-0.05, 0) is 57.1 Å². The van der Waals surface area contributed by atoms with Crippen molar-refractivity contribution in [3.8, 4) is 0 Å². The molecular weight excluding hydrogens is 238 g/mol. The van der Waals surface area contributed by atoms with Gasteiger partial charge in [-0.2, -0.15) is 0 Å². The summed E-state index contributed by atoms with van der Waals surface area (Å²) >= 11 is 0. The zero-order valence-electron chi connectivity index (χ0n) is 11.4. The molecule has 0 fully saturated rings. The van der Waals surface area contributed by atoms with Gasteiger partial charge in [0, 0.05) is 28.2 Å². The molecular formula is C15H19N3O. The molecule has 1 amide bonds. The molecule has 19 heavy (non-hydrogen) atoms. The molecule has 0 spiro atoms. The molecule has 1 atom stereocenters. The van der Waals surface area contributed by atoms with Gasteiger partial charge in [0.05, 0.1) is 0 Å². The predicted molar refractivity (Wildman–Crippen MR) is 76.3 cm³/mol. The molecule has 4 heteroatoms. The van der Waals surface area contributed by atoms with Crippen LogP contribution in [0.1, 0.15) is 28.0 Å². The van der Waals surface area contributed by atoms with Crippen molar-refractivity contribution in [2.24, 2.45) is 5.73 Å². The minimum absolute atomic E-state index is 0.364. The molecule has 1 aromatic carbocycles. The minimum atomic E-state index is -0.364. The summed E-state index contributed by atoms with van der Waals surface area (Å²) in [5, 5.41) is 1.15. The van der Waals surface area contributed by atoms with Crippen LogP contribution in [0.2, 0.25) is 0 Å². The lowest BCUT2D eigenvalue weighted by Crippen LogP contribution is -2.33. The van der Waals surface area contributed by atoms with Crippen LogP contribution in [0.15, 0.2) is 18.2 Å². The second-order valence-electron chi connectivity index (χ2n) is 5.57. The SMILES string of the molecule is CN(C)C1CCc2[nH]c3ccc(C(N)=O)cc3c2C1. The van der Waals surface area contributed by atoms with Gasteiger partial charge in [-0.3, -0.25) is 4.79 Å². The van der Waals surface area contributed by atoms with Crippen LogP contribution in [0.3, 0.4) is 0 Å². The van der Waals surface area contributed by atoms with E-state index < -0.39 is 0 Å². The topological polar surface area (TPSA) is 62.1 Å². The molecule has 100 valence electrons. The molecule has 3 rings (SSSR count). The first-order valence-corrected chi connectivity index (χ1v) is 6.66. The number of carbonyl (C=O) groups is 1. The van der Waals surface area contributed by atoms with Gasteiger partial charge in [-0.15, -0.1) is 0 Å². The fourth-order valence-electron chi connectivity index (χ4n) is 2.99. The maximum absolute atomic E-state index is 11.3. The minimum Gasteiger partial charge on any atom is -0.366 e. The van der Waals surface area contributed by atoms with Gasteiger partial charge >= 0.3 is 0 Å². The van der Waals surface area contributed by atoms with Gasteiger partial charge in [0.2, 0.25) is 5.91 Å². The maximum Gasteiger partial charge on any atom is 0.248 e. The second kappa shape index (κ2) is 4.38. The van der Waals surface area contributed by atoms with Crippen molar-refractivity contribution in [1.82, 2.24) is 9.88 Å². The van der Waals surface area contributed by atoms with E-state index in [2.05, 4.69) is 24.0 Å². The van der Waals surface area contributed by atoms with Gasteiger partial charge < -0.3 is 15.6 Å². The van der Waals surface area contributed by atoms with Crippen LogP contribution in [0.25, 0.3) is 10.9 Å². The highest BCUT2D eigenvalue weighted by molar-refractivity contribution is 5.98. The van der Waals surface area contributed by atoms with Gasteiger partial charge in [-0.1, -0.05) is 0 Å². The average Bonchev–Trinajstić information content (AvgIpc) is 2.75. The second-order valence-corrected chi connectivity index (χ2v) is 5.57. The zero-order valence-corrected chi connectivity index (χ0v) is 11.4. The summed E-state index contributed by atoms with van der Waals surface area (Å²) in [4.78, 5) is 17.1. The highest BCUT2D eigenvalue weighted by Gasteiger charge is 2.23. The molecule has 1 aliphatic carbocycles. The molecule has 1 unspecified atom stereocenters. The number of nitrogens with zero attached hydrogens (tertiary/aromatic N) is 1. The molecule has 0 aliphatic heterocycles. The largest absolute Gasteiger partial charge is 0.366 e. The number of H-pyrrole nitrogens is 1. The number of aromatic nitrogens is 1. The molecule has 0 bridgehead atoms. The standard InChI is InChI=1S/C15H19N3O/c1-18(2)10-4-6-14-12(8-10)11-7-9(15(16)19)3-5-13(11)17-14/h3,5,7,10,17H,4,6,8H2,1-2H3,(H2,16,19). The zero-order chi connectivity index (χ0) is 13.6. The molecule has 4 nitrogen and oxygen atoms in total. The van der Waals surface area contributed by atoms with Crippen LogP contribution in [0.4, 0.5) is 0 Å². The summed E-state index contributed by atoms with van der Waals surface area (Å²) in [5.74, 6) is -0.364. The van der Waals surface area contributed by atoms with Crippen molar-refractivity contribution in [2.45, 2.75) is 25.3 Å². The van der Waals surface area contributed by atoms with E-state index in [4.69, 9.17) is 5.73 Å². The highest BCUT2D eigenvalue weighted by Crippen LogP contribution is 2.31. The molecule has 1 aromatic heterocycles. The quantitative estimate of drug-likeness (QED) is 0.860. The Labute approximate surface area is 112 Å². The van der Waals surface area contributed by atoms with E-state index in [0.29, 0.717) is 11.6 Å². The lowest BCUT2D eigenvalue weighted by molar-refractivity contribution is 0.100. The number of carbonyl (C=O) groups excluding carboxylic acids is 1. The van der Waals surface area contributed by atoms with Crippen molar-refractivity contribution in [3.63, 3.8) is 0 Å². The summed E-state index contributed by atoms with van der Waals surface area (Å²) in [6.45, 7) is 0. The Morgan fingerprint density at radius 2 is 2.21 bits per heavy atom. The molecule has 1 heterocycles. The summed E-state index contributed by atoms with van der Waals surface area (Å²) < 4.78 is 0. The number of nitrogens with one attached hydrogen (secondary N) is 1. The van der Waals surface area contributed by atoms with Gasteiger partial charge in [0.1, 0.15) is 0 Å². The van der Waals surface area contributed by atoms with Crippen LogP contribution in [-0.4, -0.2) is 35.9 Å². The van der Waals surface area contributed by atoms with E-state index in [1.807, 2.05) is 12.1 Å². The summed E-state index contributed by atoms with van der Waals surface area (Å²) in [5.41, 5.74) is 9.72. The molecule has 1 aliphatic rings. The highest BCUT2D eigenvalue weighted by atomic mass is 16.1. The molecule has 0 radical (unpaired) electrons. The fraction of sp³-hybridized carbons (Fsp3) is 0.400. The van der Waals surface area contributed by atoms with Gasteiger partial charge in [-0.25, -0.2) is 0 Å². The van der Waals surface area contributed by atoms with Crippen molar-refractivity contribution in [1.29, 1.82) is 0 Å². The van der Waals surface area contributed by atoms with Gasteiger partial charge in [0.15, 0.2) is 0 Å². The Bertz CT molecular complexity index is 642. The first kappa shape index (κ1) is 12.2. The third kappa shape index (κ3) is 2.02. The molecule has 3 N–H and O–H groups in total. The maximum atomic E-state index is 11.3. The first-order chi connectivity index (χ1) is 9.06. The number of fused-ring (bicyclic) bond motifs is 3. The van der Waals surface area contributed by atoms with E-state index >= 15 is 0 Å². The van der Waals surface area contributed by atoms with E-state index in [9.17, 15) is 4.79 Å². The Morgan fingerprint density at radius 1 is 1.42 bits per heavy atom. The number of hydrogen-bond acceptors (Lipinski definition) is 2.